The van der Waals surface area contributed by atoms with Crippen LogP contribution in [-0.2, 0) is 18.0 Å². The SMILES string of the molecule is Cc1cc(-c2noc(C(F)(F)F)n2)cc(C)c1OCCCCc1nc(C(C)(C)C)n[nH]1. The molecule has 0 radical (unpaired) electrons. The minimum absolute atomic E-state index is 0.0884. The summed E-state index contributed by atoms with van der Waals surface area (Å²) in [6.07, 6.45) is -2.18. The van der Waals surface area contributed by atoms with E-state index in [0.29, 0.717) is 17.9 Å². The number of aromatic nitrogens is 5. The van der Waals surface area contributed by atoms with E-state index >= 15 is 0 Å². The Morgan fingerprint density at radius 1 is 1.03 bits per heavy atom. The van der Waals surface area contributed by atoms with Gasteiger partial charge in [0.25, 0.3) is 0 Å². The van der Waals surface area contributed by atoms with E-state index in [1.165, 1.54) is 0 Å². The second-order valence-electron chi connectivity index (χ2n) is 8.52. The third-order valence-electron chi connectivity index (χ3n) is 4.64. The summed E-state index contributed by atoms with van der Waals surface area (Å²) in [6, 6.07) is 3.38. The highest BCUT2D eigenvalue weighted by Crippen LogP contribution is 2.32. The predicted molar refractivity (Wildman–Crippen MR) is 108 cm³/mol. The Hall–Kier alpha value is -2.91. The molecule has 0 fully saturated rings. The Kier molecular flexibility index (Phi) is 6.38. The lowest BCUT2D eigenvalue weighted by Crippen LogP contribution is -2.13. The van der Waals surface area contributed by atoms with Crippen LogP contribution in [0.4, 0.5) is 13.2 Å². The number of aryl methyl sites for hydroxylation is 3. The topological polar surface area (TPSA) is 89.7 Å². The van der Waals surface area contributed by atoms with E-state index in [1.807, 2.05) is 13.8 Å². The van der Waals surface area contributed by atoms with Gasteiger partial charge in [0.2, 0.25) is 5.82 Å². The van der Waals surface area contributed by atoms with Crippen LogP contribution >= 0.6 is 0 Å². The molecule has 0 atom stereocenters. The summed E-state index contributed by atoms with van der Waals surface area (Å²) < 4.78 is 48.3. The van der Waals surface area contributed by atoms with Gasteiger partial charge in [-0.2, -0.15) is 23.3 Å². The highest BCUT2D eigenvalue weighted by atomic mass is 19.4. The number of nitrogens with zero attached hydrogens (tertiary/aromatic N) is 4. The summed E-state index contributed by atoms with van der Waals surface area (Å²) in [4.78, 5) is 7.96. The minimum Gasteiger partial charge on any atom is -0.493 e. The zero-order chi connectivity index (χ0) is 22.8. The number of aromatic amines is 1. The van der Waals surface area contributed by atoms with E-state index in [1.54, 1.807) is 12.1 Å². The molecule has 3 aromatic rings. The third-order valence-corrected chi connectivity index (χ3v) is 4.64. The van der Waals surface area contributed by atoms with Crippen LogP contribution in [0.2, 0.25) is 0 Å². The van der Waals surface area contributed by atoms with Gasteiger partial charge in [-0.05, 0) is 49.9 Å². The molecule has 0 aliphatic carbocycles. The number of H-pyrrole nitrogens is 1. The van der Waals surface area contributed by atoms with Crippen molar-refractivity contribution in [3.63, 3.8) is 0 Å². The summed E-state index contributed by atoms with van der Waals surface area (Å²) >= 11 is 0. The minimum atomic E-state index is -4.67. The van der Waals surface area contributed by atoms with Crippen LogP contribution in [0.5, 0.6) is 5.75 Å². The van der Waals surface area contributed by atoms with Crippen molar-refractivity contribution >= 4 is 0 Å². The third kappa shape index (κ3) is 5.62. The van der Waals surface area contributed by atoms with Crippen molar-refractivity contribution in [1.29, 1.82) is 0 Å². The maximum Gasteiger partial charge on any atom is 0.471 e. The van der Waals surface area contributed by atoms with Crippen LogP contribution in [0.1, 0.15) is 62.3 Å². The van der Waals surface area contributed by atoms with E-state index in [9.17, 15) is 13.2 Å². The second-order valence-corrected chi connectivity index (χ2v) is 8.52. The average Bonchev–Trinajstić information content (AvgIpc) is 3.32. The van der Waals surface area contributed by atoms with Gasteiger partial charge in [0.15, 0.2) is 5.82 Å². The standard InChI is InChI=1S/C21H26F3N5O2/c1-12-10-14(17-26-19(31-29-17)21(22,23)24)11-13(2)16(12)30-9-7-6-8-15-25-18(28-27-15)20(3,4)5/h10-11H,6-9H2,1-5H3,(H,25,27,28). The second kappa shape index (κ2) is 8.68. The van der Waals surface area contributed by atoms with Gasteiger partial charge in [-0.3, -0.25) is 5.10 Å². The van der Waals surface area contributed by atoms with Crippen molar-refractivity contribution in [2.24, 2.45) is 0 Å². The summed E-state index contributed by atoms with van der Waals surface area (Å²) in [5.74, 6) is 0.901. The molecule has 0 spiro atoms. The van der Waals surface area contributed by atoms with Crippen LogP contribution in [0.25, 0.3) is 11.4 Å². The highest BCUT2D eigenvalue weighted by molar-refractivity contribution is 5.61. The predicted octanol–water partition coefficient (Wildman–Crippen LogP) is 5.19. The quantitative estimate of drug-likeness (QED) is 0.512. The molecule has 0 saturated carbocycles. The lowest BCUT2D eigenvalue weighted by Gasteiger charge is -2.13. The van der Waals surface area contributed by atoms with E-state index in [-0.39, 0.29) is 11.2 Å². The van der Waals surface area contributed by atoms with Crippen LogP contribution < -0.4 is 4.74 Å². The fourth-order valence-electron chi connectivity index (χ4n) is 3.07. The molecular formula is C21H26F3N5O2. The maximum atomic E-state index is 12.7. The molecule has 2 heterocycles. The van der Waals surface area contributed by atoms with Crippen molar-refractivity contribution < 1.29 is 22.4 Å². The number of ether oxygens (including phenoxy) is 1. The van der Waals surface area contributed by atoms with Crippen LogP contribution in [-0.4, -0.2) is 31.9 Å². The first kappa shape index (κ1) is 22.8. The number of hydrogen-bond donors (Lipinski definition) is 1. The molecule has 31 heavy (non-hydrogen) atoms. The number of nitrogens with one attached hydrogen (secondary N) is 1. The van der Waals surface area contributed by atoms with E-state index < -0.39 is 12.1 Å². The summed E-state index contributed by atoms with van der Waals surface area (Å²) in [5, 5.41) is 10.7. The molecule has 1 N–H and O–H groups in total. The number of alkyl halides is 3. The Balaban J connectivity index is 1.55. The monoisotopic (exact) mass is 437 g/mol. The Morgan fingerprint density at radius 2 is 1.71 bits per heavy atom. The number of hydrogen-bond acceptors (Lipinski definition) is 6. The van der Waals surface area contributed by atoms with Crippen LogP contribution in [0.15, 0.2) is 16.7 Å². The van der Waals surface area contributed by atoms with Crippen molar-refractivity contribution in [2.45, 2.75) is 65.5 Å². The fraction of sp³-hybridized carbons (Fsp3) is 0.524. The smallest absolute Gasteiger partial charge is 0.471 e. The van der Waals surface area contributed by atoms with Crippen molar-refractivity contribution in [2.75, 3.05) is 6.61 Å². The summed E-state index contributed by atoms with van der Waals surface area (Å²) in [5.41, 5.74) is 1.94. The van der Waals surface area contributed by atoms with Crippen LogP contribution in [0.3, 0.4) is 0 Å². The number of benzene rings is 1. The summed E-state index contributed by atoms with van der Waals surface area (Å²) in [7, 11) is 0. The van der Waals surface area contributed by atoms with E-state index in [2.05, 4.69) is 50.6 Å². The lowest BCUT2D eigenvalue weighted by atomic mass is 9.96. The maximum absolute atomic E-state index is 12.7. The number of rotatable bonds is 7. The Labute approximate surface area is 178 Å². The molecule has 0 amide bonds. The van der Waals surface area contributed by atoms with Gasteiger partial charge >= 0.3 is 12.1 Å². The molecule has 0 aliphatic rings. The molecule has 1 aromatic carbocycles. The molecule has 3 rings (SSSR count). The van der Waals surface area contributed by atoms with Gasteiger partial charge in [0.1, 0.15) is 11.6 Å². The normalized spacial score (nSPS) is 12.4. The molecule has 0 saturated heterocycles. The van der Waals surface area contributed by atoms with Gasteiger partial charge in [0, 0.05) is 17.4 Å². The summed E-state index contributed by atoms with van der Waals surface area (Å²) in [6.45, 7) is 10.4. The first-order chi connectivity index (χ1) is 14.4. The molecule has 0 bridgehead atoms. The largest absolute Gasteiger partial charge is 0.493 e. The molecule has 2 aromatic heterocycles. The number of halogens is 3. The van der Waals surface area contributed by atoms with Gasteiger partial charge in [0.05, 0.1) is 6.61 Å². The molecule has 7 nitrogen and oxygen atoms in total. The lowest BCUT2D eigenvalue weighted by molar-refractivity contribution is -0.159. The fourth-order valence-corrected chi connectivity index (χ4v) is 3.07. The van der Waals surface area contributed by atoms with Crippen molar-refractivity contribution in [3.05, 3.63) is 40.8 Å². The first-order valence-electron chi connectivity index (χ1n) is 10.0. The first-order valence-corrected chi connectivity index (χ1v) is 10.0. The number of unbranched alkanes of at least 4 members (excludes halogenated alkanes) is 1. The van der Waals surface area contributed by atoms with Crippen molar-refractivity contribution in [3.8, 4) is 17.1 Å². The molecule has 0 unspecified atom stereocenters. The highest BCUT2D eigenvalue weighted by Gasteiger charge is 2.38. The van der Waals surface area contributed by atoms with E-state index in [0.717, 1.165) is 42.0 Å². The zero-order valence-corrected chi connectivity index (χ0v) is 18.2. The van der Waals surface area contributed by atoms with Gasteiger partial charge in [-0.15, -0.1) is 0 Å². The van der Waals surface area contributed by atoms with Crippen molar-refractivity contribution in [1.82, 2.24) is 25.3 Å². The van der Waals surface area contributed by atoms with E-state index in [4.69, 9.17) is 4.74 Å². The molecule has 0 aliphatic heterocycles. The van der Waals surface area contributed by atoms with Crippen LogP contribution in [0, 0.1) is 13.8 Å². The molecular weight excluding hydrogens is 411 g/mol. The van der Waals surface area contributed by atoms with Gasteiger partial charge in [-0.1, -0.05) is 25.9 Å². The zero-order valence-electron chi connectivity index (χ0n) is 18.2. The van der Waals surface area contributed by atoms with Gasteiger partial charge < -0.3 is 9.26 Å². The Morgan fingerprint density at radius 3 is 2.26 bits per heavy atom. The Bertz CT molecular complexity index is 1010. The molecule has 168 valence electrons. The van der Waals surface area contributed by atoms with Gasteiger partial charge in [-0.25, -0.2) is 4.98 Å². The average molecular weight is 437 g/mol. The molecule has 10 heteroatoms.